The fraction of sp³-hybridized carbons (Fsp3) is 0. The van der Waals surface area contributed by atoms with E-state index in [9.17, 15) is 10.1 Å². The van der Waals surface area contributed by atoms with Crippen molar-refractivity contribution in [2.24, 2.45) is 0 Å². The predicted octanol–water partition coefficient (Wildman–Crippen LogP) is 3.02. The van der Waals surface area contributed by atoms with E-state index < -0.39 is 4.92 Å². The third-order valence-electron chi connectivity index (χ3n) is 2.31. The van der Waals surface area contributed by atoms with Gasteiger partial charge >= 0.3 is 5.00 Å². The minimum atomic E-state index is -0.418. The van der Waals surface area contributed by atoms with Crippen LogP contribution >= 0.6 is 22.9 Å². The summed E-state index contributed by atoms with van der Waals surface area (Å²) in [7, 11) is 0. The Morgan fingerprint density at radius 3 is 2.89 bits per heavy atom. The molecular weight excluding hydrogens is 276 g/mol. The molecule has 3 rings (SSSR count). The molecule has 0 aliphatic heterocycles. The molecule has 0 atom stereocenters. The van der Waals surface area contributed by atoms with Gasteiger partial charge in [-0.3, -0.25) is 10.1 Å². The molecule has 90 valence electrons. The molecule has 0 unspecified atom stereocenters. The van der Waals surface area contributed by atoms with Gasteiger partial charge < -0.3 is 0 Å². The van der Waals surface area contributed by atoms with Gasteiger partial charge in [0.05, 0.1) is 16.0 Å². The molecule has 3 aromatic rings. The van der Waals surface area contributed by atoms with E-state index in [2.05, 4.69) is 10.1 Å². The minimum absolute atomic E-state index is 0.0908. The van der Waals surface area contributed by atoms with E-state index in [1.807, 2.05) is 0 Å². The second kappa shape index (κ2) is 4.04. The van der Waals surface area contributed by atoms with Crippen LogP contribution in [-0.2, 0) is 0 Å². The molecule has 0 aromatic carbocycles. The highest BCUT2D eigenvalue weighted by Crippen LogP contribution is 2.31. The highest BCUT2D eigenvalue weighted by atomic mass is 35.5. The van der Waals surface area contributed by atoms with Gasteiger partial charge in [0.15, 0.2) is 5.65 Å². The summed E-state index contributed by atoms with van der Waals surface area (Å²) in [6.45, 7) is 0. The molecule has 0 saturated carbocycles. The molecule has 8 heteroatoms. The van der Waals surface area contributed by atoms with Crippen LogP contribution in [0.4, 0.5) is 5.00 Å². The number of rotatable bonds is 2. The Balaban J connectivity index is 2.10. The minimum Gasteiger partial charge on any atom is -0.258 e. The zero-order valence-electron chi connectivity index (χ0n) is 8.78. The number of nitro groups is 1. The summed E-state index contributed by atoms with van der Waals surface area (Å²) in [6.07, 6.45) is 1.69. The average Bonchev–Trinajstić information content (AvgIpc) is 2.93. The van der Waals surface area contributed by atoms with Crippen LogP contribution in [0.5, 0.6) is 0 Å². The molecule has 0 spiro atoms. The van der Waals surface area contributed by atoms with E-state index >= 15 is 0 Å². The van der Waals surface area contributed by atoms with E-state index in [0.29, 0.717) is 16.5 Å². The number of thiophene rings is 1. The lowest BCUT2D eigenvalue weighted by Gasteiger charge is -1.89. The molecule has 3 aromatic heterocycles. The Morgan fingerprint density at radius 1 is 1.33 bits per heavy atom. The first-order valence-corrected chi connectivity index (χ1v) is 6.09. The number of nitrogens with zero attached hydrogens (tertiary/aromatic N) is 4. The van der Waals surface area contributed by atoms with Crippen molar-refractivity contribution in [3.05, 3.63) is 45.7 Å². The predicted molar refractivity (Wildman–Crippen MR) is 68.0 cm³/mol. The highest BCUT2D eigenvalue weighted by Gasteiger charge is 2.13. The van der Waals surface area contributed by atoms with Crippen molar-refractivity contribution >= 4 is 33.6 Å². The maximum Gasteiger partial charge on any atom is 0.324 e. The summed E-state index contributed by atoms with van der Waals surface area (Å²) in [6, 6.07) is 6.52. The fourth-order valence-corrected chi connectivity index (χ4v) is 2.46. The number of halogens is 1. The van der Waals surface area contributed by atoms with Crippen molar-refractivity contribution in [3.63, 3.8) is 0 Å². The molecule has 0 fully saturated rings. The molecule has 0 N–H and O–H groups in total. The second-order valence-electron chi connectivity index (χ2n) is 3.48. The first-order valence-electron chi connectivity index (χ1n) is 4.90. The topological polar surface area (TPSA) is 73.3 Å². The second-order valence-corrected chi connectivity index (χ2v) is 4.93. The van der Waals surface area contributed by atoms with Crippen molar-refractivity contribution in [1.82, 2.24) is 14.6 Å². The molecular formula is C10H5ClN4O2S. The van der Waals surface area contributed by atoms with E-state index in [-0.39, 0.29) is 5.00 Å². The Bertz CT molecular complexity index is 751. The fourth-order valence-electron chi connectivity index (χ4n) is 1.54. The Hall–Kier alpha value is -1.99. The van der Waals surface area contributed by atoms with Gasteiger partial charge in [-0.05, 0) is 18.2 Å². The van der Waals surface area contributed by atoms with E-state index in [0.717, 1.165) is 16.2 Å². The Labute approximate surface area is 110 Å². The van der Waals surface area contributed by atoms with Crippen molar-refractivity contribution in [3.8, 4) is 10.6 Å². The maximum atomic E-state index is 10.6. The first-order chi connectivity index (χ1) is 8.63. The third kappa shape index (κ3) is 1.83. The molecule has 0 aliphatic rings. The smallest absolute Gasteiger partial charge is 0.258 e. The third-order valence-corrected chi connectivity index (χ3v) is 3.57. The Kier molecular flexibility index (Phi) is 2.49. The van der Waals surface area contributed by atoms with Crippen molar-refractivity contribution < 1.29 is 4.92 Å². The van der Waals surface area contributed by atoms with Crippen molar-refractivity contribution in [2.45, 2.75) is 0 Å². The maximum absolute atomic E-state index is 10.6. The van der Waals surface area contributed by atoms with Crippen LogP contribution in [0.1, 0.15) is 0 Å². The van der Waals surface area contributed by atoms with Crippen LogP contribution in [0.2, 0.25) is 5.15 Å². The number of hydrogen-bond acceptors (Lipinski definition) is 5. The summed E-state index contributed by atoms with van der Waals surface area (Å²) in [5.41, 5.74) is 1.29. The average molecular weight is 281 g/mol. The van der Waals surface area contributed by atoms with Gasteiger partial charge in [0.2, 0.25) is 0 Å². The molecule has 0 saturated heterocycles. The van der Waals surface area contributed by atoms with Crippen LogP contribution in [0.15, 0.2) is 30.5 Å². The zero-order chi connectivity index (χ0) is 12.7. The van der Waals surface area contributed by atoms with Crippen LogP contribution in [-0.4, -0.2) is 19.5 Å². The summed E-state index contributed by atoms with van der Waals surface area (Å²) in [4.78, 5) is 15.3. The van der Waals surface area contributed by atoms with Gasteiger partial charge in [0, 0.05) is 6.07 Å². The first kappa shape index (κ1) is 11.1. The summed E-state index contributed by atoms with van der Waals surface area (Å²) >= 11 is 6.85. The molecule has 6 nitrogen and oxygen atoms in total. The lowest BCUT2D eigenvalue weighted by atomic mass is 10.4. The van der Waals surface area contributed by atoms with Gasteiger partial charge in [-0.25, -0.2) is 9.50 Å². The lowest BCUT2D eigenvalue weighted by Crippen LogP contribution is -1.88. The van der Waals surface area contributed by atoms with E-state index in [1.54, 1.807) is 28.9 Å². The SMILES string of the molecule is O=[N+]([O-])c1ccc(-c2cn3nc(Cl)ccc3n2)s1. The highest BCUT2D eigenvalue weighted by molar-refractivity contribution is 7.18. The van der Waals surface area contributed by atoms with Crippen LogP contribution in [0.3, 0.4) is 0 Å². The Morgan fingerprint density at radius 2 is 2.17 bits per heavy atom. The van der Waals surface area contributed by atoms with Crippen molar-refractivity contribution in [1.29, 1.82) is 0 Å². The van der Waals surface area contributed by atoms with E-state index in [4.69, 9.17) is 11.6 Å². The monoisotopic (exact) mass is 280 g/mol. The van der Waals surface area contributed by atoms with Crippen LogP contribution < -0.4 is 0 Å². The molecule has 18 heavy (non-hydrogen) atoms. The van der Waals surface area contributed by atoms with Gasteiger partial charge in [-0.1, -0.05) is 22.9 Å². The number of aromatic nitrogens is 3. The standard InChI is InChI=1S/C10H5ClN4O2S/c11-8-2-3-9-12-6(5-14(9)13-8)7-1-4-10(18-7)15(16)17/h1-5H. The molecule has 0 radical (unpaired) electrons. The quantitative estimate of drug-likeness (QED) is 0.534. The lowest BCUT2D eigenvalue weighted by molar-refractivity contribution is -0.380. The van der Waals surface area contributed by atoms with Crippen LogP contribution in [0, 0.1) is 10.1 Å². The molecule has 0 aliphatic carbocycles. The normalized spacial score (nSPS) is 10.9. The number of imidazole rings is 1. The van der Waals surface area contributed by atoms with Crippen LogP contribution in [0.25, 0.3) is 16.2 Å². The molecule has 0 bridgehead atoms. The van der Waals surface area contributed by atoms with Crippen molar-refractivity contribution in [2.75, 3.05) is 0 Å². The van der Waals surface area contributed by atoms with Gasteiger partial charge in [-0.2, -0.15) is 5.10 Å². The van der Waals surface area contributed by atoms with E-state index in [1.165, 1.54) is 6.07 Å². The summed E-state index contributed by atoms with van der Waals surface area (Å²) in [5.74, 6) is 0. The zero-order valence-corrected chi connectivity index (χ0v) is 10.4. The molecule has 3 heterocycles. The number of hydrogen-bond donors (Lipinski definition) is 0. The summed E-state index contributed by atoms with van der Waals surface area (Å²) in [5, 5.41) is 15.1. The van der Waals surface area contributed by atoms with Gasteiger partial charge in [0.25, 0.3) is 0 Å². The molecule has 0 amide bonds. The summed E-state index contributed by atoms with van der Waals surface area (Å²) < 4.78 is 1.54. The van der Waals surface area contributed by atoms with Gasteiger partial charge in [0.1, 0.15) is 10.8 Å². The van der Waals surface area contributed by atoms with Gasteiger partial charge in [-0.15, -0.1) is 0 Å². The number of fused-ring (bicyclic) bond motifs is 1. The largest absolute Gasteiger partial charge is 0.324 e.